The molecule has 2 aromatic rings. The third-order valence-electron chi connectivity index (χ3n) is 6.38. The first kappa shape index (κ1) is 26.0. The fourth-order valence-corrected chi connectivity index (χ4v) is 4.36. The standard InChI is InChI=1S/C26H30N4O7/c1-15(2)37-21-12-19-18(11-20(21)23(27)32)16(5-6-26(35)7-9-30(10-8-26)25(33)34)13-28-24(19)36-14-17-3-4-22(31)29-17/h11-13,15,17,35H,3-4,7-10,14H2,1-2H3,(H2,27,32)(H,29,31)(H,33,34). The summed E-state index contributed by atoms with van der Waals surface area (Å²) in [6.07, 6.45) is 1.67. The van der Waals surface area contributed by atoms with E-state index in [9.17, 15) is 19.5 Å². The molecule has 4 rings (SSSR count). The fourth-order valence-electron chi connectivity index (χ4n) is 4.36. The van der Waals surface area contributed by atoms with Crippen LogP contribution < -0.4 is 20.5 Å². The number of pyridine rings is 1. The van der Waals surface area contributed by atoms with Gasteiger partial charge in [-0.2, -0.15) is 0 Å². The summed E-state index contributed by atoms with van der Waals surface area (Å²) >= 11 is 0. The molecule has 2 fully saturated rings. The highest BCUT2D eigenvalue weighted by Crippen LogP contribution is 2.34. The van der Waals surface area contributed by atoms with Crippen molar-refractivity contribution in [3.63, 3.8) is 0 Å². The van der Waals surface area contributed by atoms with Crippen LogP contribution in [0.2, 0.25) is 0 Å². The Morgan fingerprint density at radius 2 is 2.03 bits per heavy atom. The van der Waals surface area contributed by atoms with Crippen molar-refractivity contribution in [2.45, 2.75) is 57.3 Å². The Morgan fingerprint density at radius 3 is 2.62 bits per heavy atom. The van der Waals surface area contributed by atoms with Crippen molar-refractivity contribution in [3.05, 3.63) is 29.5 Å². The van der Waals surface area contributed by atoms with Gasteiger partial charge in [0.05, 0.1) is 23.3 Å². The van der Waals surface area contributed by atoms with Gasteiger partial charge in [-0.25, -0.2) is 9.78 Å². The van der Waals surface area contributed by atoms with Crippen molar-refractivity contribution >= 4 is 28.7 Å². The van der Waals surface area contributed by atoms with Crippen LogP contribution in [-0.4, -0.2) is 75.4 Å². The number of fused-ring (bicyclic) bond motifs is 1. The van der Waals surface area contributed by atoms with E-state index in [-0.39, 0.29) is 67.8 Å². The maximum atomic E-state index is 12.2. The second-order valence-electron chi connectivity index (χ2n) is 9.57. The number of amides is 3. The molecule has 0 radical (unpaired) electrons. The van der Waals surface area contributed by atoms with Crippen molar-refractivity contribution < 1.29 is 34.1 Å². The van der Waals surface area contributed by atoms with Crippen molar-refractivity contribution in [1.82, 2.24) is 15.2 Å². The molecule has 1 aromatic carbocycles. The third-order valence-corrected chi connectivity index (χ3v) is 6.38. The first-order valence-electron chi connectivity index (χ1n) is 12.1. The van der Waals surface area contributed by atoms with Crippen LogP contribution in [0.1, 0.15) is 55.5 Å². The highest BCUT2D eigenvalue weighted by molar-refractivity contribution is 6.03. The Bertz CT molecular complexity index is 1290. The van der Waals surface area contributed by atoms with Gasteiger partial charge in [-0.05, 0) is 32.4 Å². The summed E-state index contributed by atoms with van der Waals surface area (Å²) in [4.78, 5) is 40.6. The van der Waals surface area contributed by atoms with E-state index < -0.39 is 17.6 Å². The molecular weight excluding hydrogens is 480 g/mol. The molecule has 0 aliphatic carbocycles. The number of aliphatic hydroxyl groups is 1. The predicted molar refractivity (Wildman–Crippen MR) is 133 cm³/mol. The number of hydrogen-bond donors (Lipinski definition) is 4. The number of piperidine rings is 1. The van der Waals surface area contributed by atoms with Gasteiger partial charge in [-0.1, -0.05) is 11.8 Å². The van der Waals surface area contributed by atoms with E-state index in [2.05, 4.69) is 22.1 Å². The molecule has 2 saturated heterocycles. The van der Waals surface area contributed by atoms with Crippen molar-refractivity contribution in [2.24, 2.45) is 5.73 Å². The molecule has 0 saturated carbocycles. The first-order valence-corrected chi connectivity index (χ1v) is 12.1. The molecule has 3 heterocycles. The van der Waals surface area contributed by atoms with Gasteiger partial charge in [0.2, 0.25) is 11.8 Å². The lowest BCUT2D eigenvalue weighted by molar-refractivity contribution is -0.119. The molecule has 11 heteroatoms. The van der Waals surface area contributed by atoms with Gasteiger partial charge in [-0.15, -0.1) is 0 Å². The summed E-state index contributed by atoms with van der Waals surface area (Å²) in [7, 11) is 0. The first-order chi connectivity index (χ1) is 17.5. The Hall–Kier alpha value is -4.04. The SMILES string of the molecule is CC(C)Oc1cc2c(OCC3CCC(=O)N3)ncc(C#CC3(O)CCN(C(=O)O)CC3)c2cc1C(N)=O. The van der Waals surface area contributed by atoms with E-state index in [1.54, 1.807) is 12.1 Å². The van der Waals surface area contributed by atoms with E-state index >= 15 is 0 Å². The monoisotopic (exact) mass is 510 g/mol. The molecule has 196 valence electrons. The molecule has 0 spiro atoms. The molecule has 1 aromatic heterocycles. The molecule has 1 unspecified atom stereocenters. The maximum absolute atomic E-state index is 12.2. The van der Waals surface area contributed by atoms with E-state index in [1.165, 1.54) is 11.1 Å². The third kappa shape index (κ3) is 6.03. The molecule has 11 nitrogen and oxygen atoms in total. The largest absolute Gasteiger partial charge is 0.490 e. The molecule has 1 atom stereocenters. The lowest BCUT2D eigenvalue weighted by atomic mass is 9.91. The summed E-state index contributed by atoms with van der Waals surface area (Å²) in [6.45, 7) is 4.21. The van der Waals surface area contributed by atoms with Crippen LogP contribution in [0.4, 0.5) is 4.79 Å². The van der Waals surface area contributed by atoms with Crippen LogP contribution in [0, 0.1) is 11.8 Å². The second-order valence-corrected chi connectivity index (χ2v) is 9.57. The summed E-state index contributed by atoms with van der Waals surface area (Å²) in [6, 6.07) is 3.07. The maximum Gasteiger partial charge on any atom is 0.407 e. The number of ether oxygens (including phenoxy) is 2. The number of carbonyl (C=O) groups is 3. The average Bonchev–Trinajstić information content (AvgIpc) is 3.26. The van der Waals surface area contributed by atoms with E-state index in [4.69, 9.17) is 20.3 Å². The van der Waals surface area contributed by atoms with Crippen LogP contribution in [0.5, 0.6) is 11.6 Å². The average molecular weight is 511 g/mol. The Balaban J connectivity index is 1.72. The van der Waals surface area contributed by atoms with Crippen molar-refractivity contribution in [1.29, 1.82) is 0 Å². The number of aromatic nitrogens is 1. The van der Waals surface area contributed by atoms with Crippen LogP contribution in [-0.2, 0) is 4.79 Å². The smallest absolute Gasteiger partial charge is 0.407 e. The minimum atomic E-state index is -1.36. The predicted octanol–water partition coefficient (Wildman–Crippen LogP) is 1.63. The van der Waals surface area contributed by atoms with Crippen molar-refractivity contribution in [3.8, 4) is 23.5 Å². The molecule has 5 N–H and O–H groups in total. The van der Waals surface area contributed by atoms with Gasteiger partial charge in [0, 0.05) is 49.3 Å². The summed E-state index contributed by atoms with van der Waals surface area (Å²) in [5, 5.41) is 24.0. The number of benzene rings is 1. The van der Waals surface area contributed by atoms with Crippen LogP contribution >= 0.6 is 0 Å². The fraction of sp³-hybridized carbons (Fsp3) is 0.462. The zero-order chi connectivity index (χ0) is 26.7. The lowest BCUT2D eigenvalue weighted by Crippen LogP contribution is -2.45. The van der Waals surface area contributed by atoms with Gasteiger partial charge in [-0.3, -0.25) is 9.59 Å². The highest BCUT2D eigenvalue weighted by Gasteiger charge is 2.32. The Kier molecular flexibility index (Phi) is 7.40. The van der Waals surface area contributed by atoms with Crippen LogP contribution in [0.15, 0.2) is 18.3 Å². The summed E-state index contributed by atoms with van der Waals surface area (Å²) < 4.78 is 11.8. The van der Waals surface area contributed by atoms with Gasteiger partial charge in [0.15, 0.2) is 0 Å². The molecule has 3 amide bonds. The normalized spacial score (nSPS) is 18.8. The second kappa shape index (κ2) is 10.5. The molecule has 2 aliphatic heterocycles. The molecular formula is C26H30N4O7. The van der Waals surface area contributed by atoms with Gasteiger partial charge < -0.3 is 35.6 Å². The Morgan fingerprint density at radius 1 is 1.30 bits per heavy atom. The quantitative estimate of drug-likeness (QED) is 0.426. The summed E-state index contributed by atoms with van der Waals surface area (Å²) in [5.41, 5.74) is 4.88. The van der Waals surface area contributed by atoms with E-state index in [0.717, 1.165) is 0 Å². The number of hydrogen-bond acceptors (Lipinski definition) is 7. The number of nitrogens with two attached hydrogens (primary N) is 1. The minimum absolute atomic E-state index is 0.0251. The summed E-state index contributed by atoms with van der Waals surface area (Å²) in [5.74, 6) is 5.69. The lowest BCUT2D eigenvalue weighted by Gasteiger charge is -2.33. The molecule has 2 aliphatic rings. The van der Waals surface area contributed by atoms with Gasteiger partial charge >= 0.3 is 6.09 Å². The van der Waals surface area contributed by atoms with Gasteiger partial charge in [0.25, 0.3) is 5.91 Å². The Labute approximate surface area is 213 Å². The van der Waals surface area contributed by atoms with E-state index in [1.807, 2.05) is 13.8 Å². The van der Waals surface area contributed by atoms with Crippen LogP contribution in [0.3, 0.4) is 0 Å². The van der Waals surface area contributed by atoms with Gasteiger partial charge in [0.1, 0.15) is 18.0 Å². The molecule has 37 heavy (non-hydrogen) atoms. The topological polar surface area (TPSA) is 164 Å². The number of carboxylic acid groups (broad SMARTS) is 1. The van der Waals surface area contributed by atoms with Crippen molar-refractivity contribution in [2.75, 3.05) is 19.7 Å². The minimum Gasteiger partial charge on any atom is -0.490 e. The highest BCUT2D eigenvalue weighted by atomic mass is 16.5. The number of primary amides is 1. The molecule has 0 bridgehead atoms. The number of likely N-dealkylation sites (tertiary alicyclic amines) is 1. The zero-order valence-corrected chi connectivity index (χ0v) is 20.7. The number of nitrogens with one attached hydrogen (secondary N) is 1. The van der Waals surface area contributed by atoms with E-state index in [0.29, 0.717) is 29.2 Å². The number of carbonyl (C=O) groups excluding carboxylic acids is 2. The number of rotatable bonds is 6. The number of nitrogens with zero attached hydrogens (tertiary/aromatic N) is 2. The zero-order valence-electron chi connectivity index (χ0n) is 20.7. The van der Waals surface area contributed by atoms with Crippen LogP contribution in [0.25, 0.3) is 10.8 Å².